The summed E-state index contributed by atoms with van der Waals surface area (Å²) < 4.78 is 6.67. The summed E-state index contributed by atoms with van der Waals surface area (Å²) in [6.45, 7) is 6.96. The molecular weight excluding hydrogens is 270 g/mol. The Kier molecular flexibility index (Phi) is 4.26. The number of hydrogen-bond acceptors (Lipinski definition) is 7. The number of ether oxygens (including phenoxy) is 1. The van der Waals surface area contributed by atoms with E-state index in [1.54, 1.807) is 7.11 Å². The van der Waals surface area contributed by atoms with Crippen LogP contribution in [0.15, 0.2) is 12.1 Å². The summed E-state index contributed by atoms with van der Waals surface area (Å²) in [5, 5.41) is 15.8. The standard InChI is InChI=1S/C13H21N7O/c1-3-11-10-19(7-6-18(11)8-9-21-2)13-5-4-12-14-16-17-20(12)15-13/h4-5,11H,3,6-10H2,1-2H3/t11-/m1/s1. The van der Waals surface area contributed by atoms with Gasteiger partial charge in [-0.05, 0) is 29.0 Å². The number of methoxy groups -OCH3 is 1. The molecule has 1 aliphatic heterocycles. The molecule has 0 saturated carbocycles. The van der Waals surface area contributed by atoms with Gasteiger partial charge in [0.05, 0.1) is 6.61 Å². The maximum Gasteiger partial charge on any atom is 0.200 e. The Morgan fingerprint density at radius 1 is 1.33 bits per heavy atom. The fraction of sp³-hybridized carbons (Fsp3) is 0.692. The second-order valence-corrected chi connectivity index (χ2v) is 5.25. The number of hydrogen-bond donors (Lipinski definition) is 0. The van der Waals surface area contributed by atoms with Crippen LogP contribution in [0.1, 0.15) is 13.3 Å². The van der Waals surface area contributed by atoms with Gasteiger partial charge in [-0.3, -0.25) is 4.90 Å². The van der Waals surface area contributed by atoms with E-state index >= 15 is 0 Å². The first kappa shape index (κ1) is 14.2. The van der Waals surface area contributed by atoms with Crippen LogP contribution in [0.4, 0.5) is 5.82 Å². The van der Waals surface area contributed by atoms with Crippen molar-refractivity contribution in [3.63, 3.8) is 0 Å². The van der Waals surface area contributed by atoms with E-state index < -0.39 is 0 Å². The molecule has 0 aromatic carbocycles. The molecule has 8 nitrogen and oxygen atoms in total. The lowest BCUT2D eigenvalue weighted by Crippen LogP contribution is -2.54. The van der Waals surface area contributed by atoms with Gasteiger partial charge in [0.2, 0.25) is 0 Å². The normalized spacial score (nSPS) is 20.3. The van der Waals surface area contributed by atoms with E-state index in [9.17, 15) is 0 Å². The highest BCUT2D eigenvalue weighted by Crippen LogP contribution is 2.18. The molecule has 21 heavy (non-hydrogen) atoms. The van der Waals surface area contributed by atoms with E-state index in [1.807, 2.05) is 12.1 Å². The minimum absolute atomic E-state index is 0.528. The Balaban J connectivity index is 1.72. The summed E-state index contributed by atoms with van der Waals surface area (Å²) in [7, 11) is 1.75. The predicted molar refractivity (Wildman–Crippen MR) is 78.3 cm³/mol. The highest BCUT2D eigenvalue weighted by molar-refractivity contribution is 5.44. The van der Waals surface area contributed by atoms with Gasteiger partial charge in [0, 0.05) is 39.3 Å². The molecule has 0 spiro atoms. The summed E-state index contributed by atoms with van der Waals surface area (Å²) in [5.41, 5.74) is 0.671. The van der Waals surface area contributed by atoms with Gasteiger partial charge in [-0.1, -0.05) is 6.92 Å². The van der Waals surface area contributed by atoms with E-state index in [4.69, 9.17) is 4.74 Å². The molecular formula is C13H21N7O. The molecule has 3 heterocycles. The highest BCUT2D eigenvalue weighted by atomic mass is 16.5. The number of aromatic nitrogens is 5. The summed E-state index contributed by atoms with van der Waals surface area (Å²) in [5.74, 6) is 0.930. The lowest BCUT2D eigenvalue weighted by Gasteiger charge is -2.41. The maximum absolute atomic E-state index is 5.20. The first-order valence-corrected chi connectivity index (χ1v) is 7.35. The van der Waals surface area contributed by atoms with Gasteiger partial charge in [-0.2, -0.15) is 0 Å². The van der Waals surface area contributed by atoms with Crippen LogP contribution in [0.25, 0.3) is 5.65 Å². The SMILES string of the molecule is CC[C@@H]1CN(c2ccc3nnnn3n2)CCN1CCOC. The molecule has 0 bridgehead atoms. The third-order valence-corrected chi connectivity index (χ3v) is 4.04. The molecule has 2 aromatic rings. The Labute approximate surface area is 123 Å². The number of piperazine rings is 1. The first-order chi connectivity index (χ1) is 10.3. The van der Waals surface area contributed by atoms with Crippen molar-refractivity contribution in [1.29, 1.82) is 0 Å². The van der Waals surface area contributed by atoms with Crippen LogP contribution in [-0.4, -0.2) is 76.1 Å². The molecule has 1 saturated heterocycles. The fourth-order valence-electron chi connectivity index (χ4n) is 2.80. The molecule has 1 atom stereocenters. The molecule has 114 valence electrons. The van der Waals surface area contributed by atoms with Crippen LogP contribution >= 0.6 is 0 Å². The van der Waals surface area contributed by atoms with Crippen molar-refractivity contribution in [1.82, 2.24) is 30.2 Å². The molecule has 3 rings (SSSR count). The molecule has 0 unspecified atom stereocenters. The monoisotopic (exact) mass is 291 g/mol. The Hall–Kier alpha value is -1.80. The highest BCUT2D eigenvalue weighted by Gasteiger charge is 2.26. The number of tetrazole rings is 1. The summed E-state index contributed by atoms with van der Waals surface area (Å²) in [4.78, 5) is 4.80. The van der Waals surface area contributed by atoms with Crippen LogP contribution in [0.2, 0.25) is 0 Å². The molecule has 2 aromatic heterocycles. The average molecular weight is 291 g/mol. The van der Waals surface area contributed by atoms with Crippen molar-refractivity contribution in [2.45, 2.75) is 19.4 Å². The number of rotatable bonds is 5. The van der Waals surface area contributed by atoms with Crippen molar-refractivity contribution < 1.29 is 4.74 Å². The van der Waals surface area contributed by atoms with E-state index in [1.165, 1.54) is 4.63 Å². The molecule has 1 aliphatic rings. The van der Waals surface area contributed by atoms with Gasteiger partial charge < -0.3 is 9.64 Å². The quantitative estimate of drug-likeness (QED) is 0.771. The fourth-order valence-corrected chi connectivity index (χ4v) is 2.80. The van der Waals surface area contributed by atoms with Gasteiger partial charge in [0.25, 0.3) is 0 Å². The zero-order valence-corrected chi connectivity index (χ0v) is 12.5. The van der Waals surface area contributed by atoms with E-state index in [0.717, 1.165) is 45.0 Å². The van der Waals surface area contributed by atoms with Gasteiger partial charge in [-0.15, -0.1) is 14.8 Å². The Bertz CT molecular complexity index is 587. The van der Waals surface area contributed by atoms with Gasteiger partial charge in [0.1, 0.15) is 0 Å². The molecule has 8 heteroatoms. The molecule has 0 N–H and O–H groups in total. The molecule has 0 aliphatic carbocycles. The maximum atomic E-state index is 5.20. The van der Waals surface area contributed by atoms with Gasteiger partial charge in [-0.25, -0.2) is 0 Å². The average Bonchev–Trinajstić information content (AvgIpc) is 3.00. The van der Waals surface area contributed by atoms with Crippen LogP contribution in [0.3, 0.4) is 0 Å². The minimum Gasteiger partial charge on any atom is -0.383 e. The molecule has 0 radical (unpaired) electrons. The van der Waals surface area contributed by atoms with Crippen LogP contribution in [0.5, 0.6) is 0 Å². The Morgan fingerprint density at radius 3 is 3.05 bits per heavy atom. The smallest absolute Gasteiger partial charge is 0.200 e. The van der Waals surface area contributed by atoms with E-state index in [2.05, 4.69) is 37.3 Å². The van der Waals surface area contributed by atoms with Crippen molar-refractivity contribution in [2.75, 3.05) is 44.8 Å². The third kappa shape index (κ3) is 2.96. The zero-order chi connectivity index (χ0) is 14.7. The zero-order valence-electron chi connectivity index (χ0n) is 12.5. The minimum atomic E-state index is 0.528. The topological polar surface area (TPSA) is 71.7 Å². The van der Waals surface area contributed by atoms with Crippen LogP contribution in [0, 0.1) is 0 Å². The number of fused-ring (bicyclic) bond motifs is 1. The second-order valence-electron chi connectivity index (χ2n) is 5.25. The second kappa shape index (κ2) is 6.31. The lowest BCUT2D eigenvalue weighted by molar-refractivity contribution is 0.109. The van der Waals surface area contributed by atoms with Crippen molar-refractivity contribution in [2.24, 2.45) is 0 Å². The van der Waals surface area contributed by atoms with Crippen LogP contribution < -0.4 is 4.90 Å². The molecule has 0 amide bonds. The first-order valence-electron chi connectivity index (χ1n) is 7.35. The van der Waals surface area contributed by atoms with E-state index in [-0.39, 0.29) is 0 Å². The summed E-state index contributed by atoms with van der Waals surface area (Å²) >= 11 is 0. The Morgan fingerprint density at radius 2 is 2.24 bits per heavy atom. The lowest BCUT2D eigenvalue weighted by atomic mass is 10.1. The third-order valence-electron chi connectivity index (χ3n) is 4.04. The van der Waals surface area contributed by atoms with Crippen molar-refractivity contribution in [3.8, 4) is 0 Å². The largest absolute Gasteiger partial charge is 0.383 e. The number of nitrogens with zero attached hydrogens (tertiary/aromatic N) is 7. The van der Waals surface area contributed by atoms with Crippen molar-refractivity contribution >= 4 is 11.5 Å². The van der Waals surface area contributed by atoms with E-state index in [0.29, 0.717) is 11.7 Å². The molecule has 1 fully saturated rings. The predicted octanol–water partition coefficient (Wildman–Crippen LogP) is 0.0663. The summed E-state index contributed by atoms with van der Waals surface area (Å²) in [6.07, 6.45) is 1.12. The van der Waals surface area contributed by atoms with Gasteiger partial charge in [0.15, 0.2) is 11.5 Å². The van der Waals surface area contributed by atoms with Gasteiger partial charge >= 0.3 is 0 Å². The number of anilines is 1. The summed E-state index contributed by atoms with van der Waals surface area (Å²) in [6, 6.07) is 4.42. The van der Waals surface area contributed by atoms with Crippen molar-refractivity contribution in [3.05, 3.63) is 12.1 Å². The van der Waals surface area contributed by atoms with Crippen LogP contribution in [-0.2, 0) is 4.74 Å².